The number of halogens is 2. The molecule has 1 saturated heterocycles. The van der Waals surface area contributed by atoms with Crippen molar-refractivity contribution in [2.24, 2.45) is 10.2 Å². The number of azo groups is 1. The van der Waals surface area contributed by atoms with Crippen LogP contribution >= 0.6 is 11.8 Å². The van der Waals surface area contributed by atoms with Crippen LogP contribution in [-0.4, -0.2) is 25.9 Å². The van der Waals surface area contributed by atoms with Gasteiger partial charge >= 0.3 is 0 Å². The van der Waals surface area contributed by atoms with Crippen molar-refractivity contribution in [2.75, 3.05) is 0 Å². The molecule has 4 aromatic rings. The van der Waals surface area contributed by atoms with Crippen molar-refractivity contribution in [3.05, 3.63) is 82.3 Å². The van der Waals surface area contributed by atoms with Gasteiger partial charge in [-0.15, -0.1) is 10.2 Å². The highest BCUT2D eigenvalue weighted by atomic mass is 32.2. The Morgan fingerprint density at radius 3 is 2.45 bits per heavy atom. The maximum atomic E-state index is 14.9. The number of aromatic nitrogens is 1. The van der Waals surface area contributed by atoms with Crippen molar-refractivity contribution >= 4 is 51.3 Å². The van der Waals surface area contributed by atoms with Crippen molar-refractivity contribution in [2.45, 2.75) is 19.8 Å². The van der Waals surface area contributed by atoms with E-state index in [1.807, 2.05) is 12.1 Å². The molecule has 2 amide bonds. The highest BCUT2D eigenvalue weighted by Crippen LogP contribution is 2.43. The molecule has 0 saturated carbocycles. The van der Waals surface area contributed by atoms with Gasteiger partial charge in [0.1, 0.15) is 17.3 Å². The Bertz CT molecular complexity index is 1660. The summed E-state index contributed by atoms with van der Waals surface area (Å²) in [4.78, 5) is 23.3. The van der Waals surface area contributed by atoms with Gasteiger partial charge in [0.05, 0.1) is 10.4 Å². The predicted octanol–water partition coefficient (Wildman–Crippen LogP) is 7.01. The van der Waals surface area contributed by atoms with Crippen LogP contribution in [0.3, 0.4) is 0 Å². The Labute approximate surface area is 219 Å². The Balaban J connectivity index is 1.54. The summed E-state index contributed by atoms with van der Waals surface area (Å²) in [5, 5.41) is 31.1. The number of nitrogens with one attached hydrogen (secondary N) is 1. The Kier molecular flexibility index (Phi) is 6.68. The van der Waals surface area contributed by atoms with Gasteiger partial charge in [-0.3, -0.25) is 19.5 Å². The van der Waals surface area contributed by atoms with Crippen LogP contribution in [0.1, 0.15) is 24.5 Å². The summed E-state index contributed by atoms with van der Waals surface area (Å²) >= 11 is 0.741. The number of phenols is 1. The fourth-order valence-electron chi connectivity index (χ4n) is 4.15. The fraction of sp³-hybridized carbons (Fsp3) is 0.111. The number of hydrogen-bond acceptors (Lipinski definition) is 7. The van der Waals surface area contributed by atoms with Crippen LogP contribution < -0.4 is 5.32 Å². The van der Waals surface area contributed by atoms with E-state index in [2.05, 4.69) is 22.5 Å². The molecule has 0 unspecified atom stereocenters. The quantitative estimate of drug-likeness (QED) is 0.182. The van der Waals surface area contributed by atoms with Gasteiger partial charge in [-0.25, -0.2) is 8.78 Å². The number of imide groups is 1. The first-order valence-corrected chi connectivity index (χ1v) is 12.4. The molecule has 192 valence electrons. The van der Waals surface area contributed by atoms with Gasteiger partial charge in [0.25, 0.3) is 11.1 Å². The van der Waals surface area contributed by atoms with Crippen LogP contribution in [0.5, 0.6) is 11.6 Å². The first-order valence-electron chi connectivity index (χ1n) is 11.6. The molecule has 3 aromatic carbocycles. The van der Waals surface area contributed by atoms with E-state index in [0.717, 1.165) is 42.3 Å². The number of amides is 2. The first kappa shape index (κ1) is 25.2. The molecule has 0 radical (unpaired) electrons. The molecular weight excluding hydrogens is 514 g/mol. The highest BCUT2D eigenvalue weighted by molar-refractivity contribution is 8.18. The van der Waals surface area contributed by atoms with Crippen LogP contribution in [0.4, 0.5) is 25.0 Å². The summed E-state index contributed by atoms with van der Waals surface area (Å²) in [6.45, 7) is 2.05. The number of hydrogen-bond donors (Lipinski definition) is 3. The van der Waals surface area contributed by atoms with E-state index in [1.165, 1.54) is 28.8 Å². The third-order valence-corrected chi connectivity index (χ3v) is 6.67. The molecule has 11 heteroatoms. The van der Waals surface area contributed by atoms with E-state index in [-0.39, 0.29) is 32.9 Å². The second kappa shape index (κ2) is 10.1. The van der Waals surface area contributed by atoms with Crippen molar-refractivity contribution < 1.29 is 28.6 Å². The average Bonchev–Trinajstić information content (AvgIpc) is 3.33. The number of thioether (sulfide) groups is 1. The van der Waals surface area contributed by atoms with Gasteiger partial charge in [-0.1, -0.05) is 31.5 Å². The van der Waals surface area contributed by atoms with Crippen LogP contribution in [-0.2, 0) is 11.2 Å². The summed E-state index contributed by atoms with van der Waals surface area (Å²) in [7, 11) is 0. The topological polar surface area (TPSA) is 116 Å². The van der Waals surface area contributed by atoms with Crippen LogP contribution in [0.25, 0.3) is 22.7 Å². The molecule has 1 fully saturated rings. The number of benzene rings is 3. The number of carbonyl (C=O) groups excluding carboxylic acids is 2. The first-order chi connectivity index (χ1) is 18.2. The molecule has 38 heavy (non-hydrogen) atoms. The largest absolute Gasteiger partial charge is 0.506 e. The smallest absolute Gasteiger partial charge is 0.290 e. The van der Waals surface area contributed by atoms with Gasteiger partial charge in [0.2, 0.25) is 5.88 Å². The molecule has 1 aromatic heterocycles. The van der Waals surface area contributed by atoms with Gasteiger partial charge in [-0.2, -0.15) is 0 Å². The second-order valence-electron chi connectivity index (χ2n) is 8.51. The molecule has 0 bridgehead atoms. The monoisotopic (exact) mass is 534 g/mol. The fourth-order valence-corrected chi connectivity index (χ4v) is 4.83. The van der Waals surface area contributed by atoms with E-state index in [1.54, 1.807) is 12.1 Å². The Morgan fingerprint density at radius 1 is 1.03 bits per heavy atom. The zero-order valence-electron chi connectivity index (χ0n) is 19.9. The summed E-state index contributed by atoms with van der Waals surface area (Å²) in [5.74, 6) is -3.03. The highest BCUT2D eigenvalue weighted by Gasteiger charge is 2.25. The molecule has 8 nitrogen and oxygen atoms in total. The van der Waals surface area contributed by atoms with Crippen molar-refractivity contribution in [1.29, 1.82) is 0 Å². The Hall–Kier alpha value is -4.51. The number of phenolic OH excluding ortho intramolecular Hbond substituents is 1. The number of nitrogens with zero attached hydrogens (tertiary/aromatic N) is 3. The minimum absolute atomic E-state index is 0.00355. The molecule has 2 heterocycles. The number of rotatable bonds is 6. The van der Waals surface area contributed by atoms with Gasteiger partial charge < -0.3 is 10.2 Å². The number of aromatic hydroxyl groups is 2. The molecule has 5 rings (SSSR count). The standard InChI is InChI=1S/C27H20F2N4O4S/c1-2-3-14-4-7-17(8-5-14)33-24-18(12-16(28)13-19(24)29)23(26(33)36)32-31-20-9-6-15(10-21(20)34)11-22-25(35)30-27(37)38-22/h4-13,34,36H,2-3H2,1H3,(H,30,35,37)/b22-11+,32-31?. The van der Waals surface area contributed by atoms with E-state index in [9.17, 15) is 28.6 Å². The molecule has 3 N–H and O–H groups in total. The average molecular weight is 535 g/mol. The number of fused-ring (bicyclic) bond motifs is 1. The maximum Gasteiger partial charge on any atom is 0.290 e. The SMILES string of the molecule is CCCc1ccc(-n2c(O)c(N=Nc3ccc(/C=C4/SC(=O)NC4=O)cc3O)c3cc(F)cc(F)c32)cc1. The van der Waals surface area contributed by atoms with Crippen molar-refractivity contribution in [1.82, 2.24) is 9.88 Å². The third-order valence-electron chi connectivity index (χ3n) is 5.86. The summed E-state index contributed by atoms with van der Waals surface area (Å²) < 4.78 is 30.3. The molecular formula is C27H20F2N4O4S. The normalized spacial score (nSPS) is 14.8. The minimum atomic E-state index is -0.887. The maximum absolute atomic E-state index is 14.9. The molecule has 1 aliphatic heterocycles. The Morgan fingerprint density at radius 2 is 1.79 bits per heavy atom. The van der Waals surface area contributed by atoms with Crippen LogP contribution in [0.2, 0.25) is 0 Å². The molecule has 0 spiro atoms. The van der Waals surface area contributed by atoms with Gasteiger partial charge in [0.15, 0.2) is 11.5 Å². The third kappa shape index (κ3) is 4.75. The number of carbonyl (C=O) groups is 2. The van der Waals surface area contributed by atoms with Gasteiger partial charge in [0, 0.05) is 17.1 Å². The lowest BCUT2D eigenvalue weighted by Gasteiger charge is -2.09. The van der Waals surface area contributed by atoms with Crippen molar-refractivity contribution in [3.63, 3.8) is 0 Å². The molecule has 1 aliphatic rings. The van der Waals surface area contributed by atoms with E-state index < -0.39 is 28.7 Å². The van der Waals surface area contributed by atoms with Crippen molar-refractivity contribution in [3.8, 4) is 17.3 Å². The summed E-state index contributed by atoms with van der Waals surface area (Å²) in [5.41, 5.74) is 1.71. The summed E-state index contributed by atoms with van der Waals surface area (Å²) in [6, 6.07) is 13.2. The van der Waals surface area contributed by atoms with E-state index >= 15 is 0 Å². The van der Waals surface area contributed by atoms with Crippen LogP contribution in [0.15, 0.2) is 69.7 Å². The van der Waals surface area contributed by atoms with E-state index in [4.69, 9.17) is 0 Å². The zero-order chi connectivity index (χ0) is 27.0. The zero-order valence-corrected chi connectivity index (χ0v) is 20.7. The molecule has 0 aliphatic carbocycles. The lowest BCUT2D eigenvalue weighted by Crippen LogP contribution is -2.17. The van der Waals surface area contributed by atoms with Crippen LogP contribution in [0, 0.1) is 11.6 Å². The minimum Gasteiger partial charge on any atom is -0.506 e. The van der Waals surface area contributed by atoms with Gasteiger partial charge in [-0.05, 0) is 65.7 Å². The lowest BCUT2D eigenvalue weighted by atomic mass is 10.1. The predicted molar refractivity (Wildman–Crippen MR) is 140 cm³/mol. The molecule has 0 atom stereocenters. The summed E-state index contributed by atoms with van der Waals surface area (Å²) in [6.07, 6.45) is 3.25. The van der Waals surface area contributed by atoms with E-state index in [0.29, 0.717) is 11.3 Å². The lowest BCUT2D eigenvalue weighted by molar-refractivity contribution is -0.115. The second-order valence-corrected chi connectivity index (χ2v) is 9.52. The number of aryl methyl sites for hydroxylation is 1.